The number of hydrogen-bond acceptors (Lipinski definition) is 5. The van der Waals surface area contributed by atoms with Gasteiger partial charge in [-0.1, -0.05) is 0 Å². The molecule has 0 aliphatic heterocycles. The van der Waals surface area contributed by atoms with Gasteiger partial charge in [0.15, 0.2) is 0 Å². The van der Waals surface area contributed by atoms with Crippen molar-refractivity contribution in [3.63, 3.8) is 0 Å². The van der Waals surface area contributed by atoms with Gasteiger partial charge < -0.3 is 10.1 Å². The zero-order valence-electron chi connectivity index (χ0n) is 15.8. The largest absolute Gasteiger partial charge is 0.497 e. The Hall–Kier alpha value is -3.48. The summed E-state index contributed by atoms with van der Waals surface area (Å²) in [6, 6.07) is 13.5. The molecular formula is C21H22N4O3. The maximum absolute atomic E-state index is 12.5. The molecule has 28 heavy (non-hydrogen) atoms. The molecule has 3 aromatic rings. The molecule has 1 unspecified atom stereocenters. The van der Waals surface area contributed by atoms with Gasteiger partial charge in [0.2, 0.25) is 5.91 Å². The minimum atomic E-state index is -0.719. The summed E-state index contributed by atoms with van der Waals surface area (Å²) in [4.78, 5) is 28.7. The van der Waals surface area contributed by atoms with Gasteiger partial charge in [-0.3, -0.25) is 14.6 Å². The molecule has 0 fully saturated rings. The predicted molar refractivity (Wildman–Crippen MR) is 106 cm³/mol. The predicted octanol–water partition coefficient (Wildman–Crippen LogP) is 2.23. The van der Waals surface area contributed by atoms with Crippen LogP contribution in [0.1, 0.15) is 18.5 Å². The van der Waals surface area contributed by atoms with E-state index in [-0.39, 0.29) is 11.5 Å². The van der Waals surface area contributed by atoms with E-state index in [1.807, 2.05) is 36.4 Å². The Labute approximate surface area is 163 Å². The van der Waals surface area contributed by atoms with Crippen molar-refractivity contribution in [3.05, 3.63) is 76.8 Å². The number of ether oxygens (including phenoxy) is 1. The average molecular weight is 378 g/mol. The Bertz CT molecular complexity index is 985. The third-order valence-corrected chi connectivity index (χ3v) is 4.42. The molecular weight excluding hydrogens is 356 g/mol. The van der Waals surface area contributed by atoms with Crippen molar-refractivity contribution < 1.29 is 9.53 Å². The number of pyridine rings is 1. The number of carbonyl (C=O) groups is 1. The van der Waals surface area contributed by atoms with Gasteiger partial charge in [-0.15, -0.1) is 0 Å². The van der Waals surface area contributed by atoms with Crippen LogP contribution in [0.3, 0.4) is 0 Å². The number of rotatable bonds is 7. The Balaban J connectivity index is 1.70. The summed E-state index contributed by atoms with van der Waals surface area (Å²) >= 11 is 0. The molecule has 7 nitrogen and oxygen atoms in total. The highest BCUT2D eigenvalue weighted by Gasteiger charge is 2.17. The van der Waals surface area contributed by atoms with E-state index in [2.05, 4.69) is 15.4 Å². The van der Waals surface area contributed by atoms with E-state index < -0.39 is 6.04 Å². The quantitative estimate of drug-likeness (QED) is 0.681. The van der Waals surface area contributed by atoms with Gasteiger partial charge in [0, 0.05) is 30.6 Å². The number of benzene rings is 1. The monoisotopic (exact) mass is 378 g/mol. The summed E-state index contributed by atoms with van der Waals surface area (Å²) < 4.78 is 6.36. The summed E-state index contributed by atoms with van der Waals surface area (Å²) in [5.74, 6) is 0.481. The van der Waals surface area contributed by atoms with Crippen LogP contribution < -0.4 is 15.6 Å². The van der Waals surface area contributed by atoms with Gasteiger partial charge in [0.25, 0.3) is 5.56 Å². The highest BCUT2D eigenvalue weighted by atomic mass is 16.5. The number of amides is 1. The molecule has 1 amide bonds. The SMILES string of the molecule is COc1ccc(-c2ccc(=O)n(C(C)C(=O)NCCc3ccncc3)n2)cc1. The van der Waals surface area contributed by atoms with E-state index in [0.29, 0.717) is 18.7 Å². The fraction of sp³-hybridized carbons (Fsp3) is 0.238. The third-order valence-electron chi connectivity index (χ3n) is 4.42. The van der Waals surface area contributed by atoms with Gasteiger partial charge in [-0.05, 0) is 61.4 Å². The highest BCUT2D eigenvalue weighted by molar-refractivity contribution is 5.79. The van der Waals surface area contributed by atoms with E-state index in [4.69, 9.17) is 4.74 Å². The van der Waals surface area contributed by atoms with E-state index in [1.165, 1.54) is 10.7 Å². The van der Waals surface area contributed by atoms with Crippen molar-refractivity contribution in [2.24, 2.45) is 0 Å². The van der Waals surface area contributed by atoms with Crippen molar-refractivity contribution >= 4 is 5.91 Å². The van der Waals surface area contributed by atoms with Crippen LogP contribution >= 0.6 is 0 Å². The smallest absolute Gasteiger partial charge is 0.267 e. The Morgan fingerprint density at radius 2 is 1.82 bits per heavy atom. The second-order valence-corrected chi connectivity index (χ2v) is 6.30. The van der Waals surface area contributed by atoms with Crippen LogP contribution in [0.4, 0.5) is 0 Å². The second-order valence-electron chi connectivity index (χ2n) is 6.30. The normalized spacial score (nSPS) is 11.6. The lowest BCUT2D eigenvalue weighted by Crippen LogP contribution is -2.37. The first-order valence-electron chi connectivity index (χ1n) is 8.99. The maximum Gasteiger partial charge on any atom is 0.267 e. The van der Waals surface area contributed by atoms with Gasteiger partial charge in [0.1, 0.15) is 11.8 Å². The topological polar surface area (TPSA) is 86.1 Å². The van der Waals surface area contributed by atoms with E-state index in [1.54, 1.807) is 32.5 Å². The number of methoxy groups -OCH3 is 1. The summed E-state index contributed by atoms with van der Waals surface area (Å²) in [7, 11) is 1.60. The average Bonchev–Trinajstić information content (AvgIpc) is 2.74. The van der Waals surface area contributed by atoms with Gasteiger partial charge in [0.05, 0.1) is 12.8 Å². The number of aromatic nitrogens is 3. The molecule has 2 aromatic heterocycles. The molecule has 144 valence electrons. The molecule has 1 aromatic carbocycles. The Morgan fingerprint density at radius 3 is 2.50 bits per heavy atom. The molecule has 0 radical (unpaired) electrons. The maximum atomic E-state index is 12.5. The van der Waals surface area contributed by atoms with Crippen LogP contribution in [-0.2, 0) is 11.2 Å². The number of hydrogen-bond donors (Lipinski definition) is 1. The lowest BCUT2D eigenvalue weighted by Gasteiger charge is -2.15. The van der Waals surface area contributed by atoms with Crippen LogP contribution in [0.25, 0.3) is 11.3 Å². The first-order valence-corrected chi connectivity index (χ1v) is 8.99. The van der Waals surface area contributed by atoms with Crippen LogP contribution in [0.2, 0.25) is 0 Å². The molecule has 0 saturated carbocycles. The Morgan fingerprint density at radius 1 is 1.11 bits per heavy atom. The number of carbonyl (C=O) groups excluding carboxylic acids is 1. The number of nitrogens with zero attached hydrogens (tertiary/aromatic N) is 3. The van der Waals surface area contributed by atoms with Crippen molar-refractivity contribution in [2.75, 3.05) is 13.7 Å². The summed E-state index contributed by atoms with van der Waals surface area (Å²) in [6.07, 6.45) is 4.12. The third kappa shape index (κ3) is 4.62. The first-order chi connectivity index (χ1) is 13.6. The summed E-state index contributed by atoms with van der Waals surface area (Å²) in [5, 5.41) is 7.23. The zero-order chi connectivity index (χ0) is 19.9. The minimum absolute atomic E-state index is 0.254. The van der Waals surface area contributed by atoms with Crippen LogP contribution in [0, 0.1) is 0 Å². The number of nitrogens with one attached hydrogen (secondary N) is 1. The molecule has 0 aliphatic rings. The molecule has 0 saturated heterocycles. The molecule has 1 atom stereocenters. The van der Waals surface area contributed by atoms with E-state index in [0.717, 1.165) is 16.9 Å². The fourth-order valence-corrected chi connectivity index (χ4v) is 2.76. The molecule has 0 aliphatic carbocycles. The van der Waals surface area contributed by atoms with Crippen molar-refractivity contribution in [1.82, 2.24) is 20.1 Å². The van der Waals surface area contributed by atoms with Crippen LogP contribution in [-0.4, -0.2) is 34.3 Å². The molecule has 3 rings (SSSR count). The Kier molecular flexibility index (Phi) is 6.16. The van der Waals surface area contributed by atoms with Crippen molar-refractivity contribution in [1.29, 1.82) is 0 Å². The van der Waals surface area contributed by atoms with Crippen molar-refractivity contribution in [3.8, 4) is 17.0 Å². The fourth-order valence-electron chi connectivity index (χ4n) is 2.76. The van der Waals surface area contributed by atoms with Gasteiger partial charge in [-0.2, -0.15) is 5.10 Å². The van der Waals surface area contributed by atoms with Crippen LogP contribution in [0.5, 0.6) is 5.75 Å². The van der Waals surface area contributed by atoms with Gasteiger partial charge >= 0.3 is 0 Å². The van der Waals surface area contributed by atoms with Crippen LogP contribution in [0.15, 0.2) is 65.7 Å². The molecule has 7 heteroatoms. The van der Waals surface area contributed by atoms with E-state index >= 15 is 0 Å². The molecule has 0 spiro atoms. The molecule has 2 heterocycles. The van der Waals surface area contributed by atoms with Gasteiger partial charge in [-0.25, -0.2) is 4.68 Å². The molecule has 0 bridgehead atoms. The van der Waals surface area contributed by atoms with Crippen molar-refractivity contribution in [2.45, 2.75) is 19.4 Å². The second kappa shape index (κ2) is 8.94. The van der Waals surface area contributed by atoms with E-state index in [9.17, 15) is 9.59 Å². The lowest BCUT2D eigenvalue weighted by molar-refractivity contribution is -0.124. The highest BCUT2D eigenvalue weighted by Crippen LogP contribution is 2.20. The summed E-state index contributed by atoms with van der Waals surface area (Å²) in [6.45, 7) is 2.13. The summed E-state index contributed by atoms with van der Waals surface area (Å²) in [5.41, 5.74) is 2.20. The minimum Gasteiger partial charge on any atom is -0.497 e. The zero-order valence-corrected chi connectivity index (χ0v) is 15.8. The lowest BCUT2D eigenvalue weighted by atomic mass is 10.1. The first kappa shape index (κ1) is 19.3. The molecule has 1 N–H and O–H groups in total. The standard InChI is InChI=1S/C21H22N4O3/c1-15(21(27)23-14-11-16-9-12-22-13-10-16)25-20(26)8-7-19(24-25)17-3-5-18(28-2)6-4-17/h3-10,12-13,15H,11,14H2,1-2H3,(H,23,27).